The predicted octanol–water partition coefficient (Wildman–Crippen LogP) is 2.43. The van der Waals surface area contributed by atoms with Crippen LogP contribution in [-0.4, -0.2) is 6.04 Å². The molecule has 0 heterocycles. The summed E-state index contributed by atoms with van der Waals surface area (Å²) in [4.78, 5) is 0. The lowest BCUT2D eigenvalue weighted by molar-refractivity contribution is 0.437. The van der Waals surface area contributed by atoms with Crippen molar-refractivity contribution in [2.24, 2.45) is 5.84 Å². The predicted molar refractivity (Wildman–Crippen MR) is 68.7 cm³/mol. The van der Waals surface area contributed by atoms with Crippen LogP contribution in [0.1, 0.15) is 38.2 Å². The summed E-state index contributed by atoms with van der Waals surface area (Å²) in [5, 5.41) is 0. The van der Waals surface area contributed by atoms with E-state index in [4.69, 9.17) is 5.84 Å². The largest absolute Gasteiger partial charge is 0.271 e. The second kappa shape index (κ2) is 7.05. The van der Waals surface area contributed by atoms with Crippen LogP contribution < -0.4 is 11.3 Å². The summed E-state index contributed by atoms with van der Waals surface area (Å²) in [5.74, 6) is 12.0. The number of hydrazine groups is 1. The second-order valence-corrected chi connectivity index (χ2v) is 3.83. The van der Waals surface area contributed by atoms with Crippen LogP contribution in [0, 0.1) is 11.8 Å². The molecule has 0 saturated heterocycles. The maximum Gasteiger partial charge on any atom is 0.0388 e. The molecular formula is C14H20N2. The van der Waals surface area contributed by atoms with Gasteiger partial charge in [0.1, 0.15) is 0 Å². The Morgan fingerprint density at radius 2 is 2.00 bits per heavy atom. The first-order valence-corrected chi connectivity index (χ1v) is 5.74. The summed E-state index contributed by atoms with van der Waals surface area (Å²) in [7, 11) is 0. The van der Waals surface area contributed by atoms with E-state index in [2.05, 4.69) is 48.5 Å². The Labute approximate surface area is 98.2 Å². The van der Waals surface area contributed by atoms with E-state index in [0.717, 1.165) is 12.8 Å². The van der Waals surface area contributed by atoms with Crippen LogP contribution in [-0.2, 0) is 0 Å². The molecule has 0 fully saturated rings. The van der Waals surface area contributed by atoms with Crippen molar-refractivity contribution < 1.29 is 0 Å². The third-order valence-electron chi connectivity index (χ3n) is 2.87. The van der Waals surface area contributed by atoms with Crippen molar-refractivity contribution in [1.82, 2.24) is 5.43 Å². The summed E-state index contributed by atoms with van der Waals surface area (Å²) < 4.78 is 0. The summed E-state index contributed by atoms with van der Waals surface area (Å²) in [5.41, 5.74) is 4.21. The molecule has 0 spiro atoms. The Balaban J connectivity index is 2.81. The SMILES string of the molecule is CC#CCC(NN)C(CC)c1ccccc1. The van der Waals surface area contributed by atoms with E-state index in [9.17, 15) is 0 Å². The first-order valence-electron chi connectivity index (χ1n) is 5.74. The van der Waals surface area contributed by atoms with Crippen LogP contribution >= 0.6 is 0 Å². The van der Waals surface area contributed by atoms with E-state index < -0.39 is 0 Å². The zero-order valence-electron chi connectivity index (χ0n) is 10.0. The zero-order valence-corrected chi connectivity index (χ0v) is 10.0. The quantitative estimate of drug-likeness (QED) is 0.450. The highest BCUT2D eigenvalue weighted by Gasteiger charge is 2.19. The molecule has 0 aliphatic carbocycles. The Hall–Kier alpha value is -1.30. The average Bonchev–Trinajstić information content (AvgIpc) is 2.35. The lowest BCUT2D eigenvalue weighted by atomic mass is 9.88. The molecule has 3 N–H and O–H groups in total. The van der Waals surface area contributed by atoms with Crippen LogP contribution in [0.25, 0.3) is 0 Å². The van der Waals surface area contributed by atoms with Gasteiger partial charge in [-0.25, -0.2) is 0 Å². The maximum absolute atomic E-state index is 5.61. The average molecular weight is 216 g/mol. The fourth-order valence-corrected chi connectivity index (χ4v) is 1.98. The summed E-state index contributed by atoms with van der Waals surface area (Å²) in [6.07, 6.45) is 1.85. The summed E-state index contributed by atoms with van der Waals surface area (Å²) in [6.45, 7) is 4.04. The van der Waals surface area contributed by atoms with Gasteiger partial charge in [0.15, 0.2) is 0 Å². The molecule has 0 aliphatic heterocycles. The molecule has 0 aliphatic rings. The Kier molecular flexibility index (Phi) is 5.63. The Morgan fingerprint density at radius 1 is 1.31 bits per heavy atom. The first kappa shape index (κ1) is 12.8. The number of rotatable bonds is 5. The molecule has 16 heavy (non-hydrogen) atoms. The van der Waals surface area contributed by atoms with Crippen molar-refractivity contribution in [3.05, 3.63) is 35.9 Å². The van der Waals surface area contributed by atoms with Gasteiger partial charge in [0.25, 0.3) is 0 Å². The van der Waals surface area contributed by atoms with Gasteiger partial charge in [-0.2, -0.15) is 0 Å². The molecule has 1 rings (SSSR count). The summed E-state index contributed by atoms with van der Waals surface area (Å²) >= 11 is 0. The Morgan fingerprint density at radius 3 is 2.50 bits per heavy atom. The van der Waals surface area contributed by atoms with Crippen LogP contribution in [0.3, 0.4) is 0 Å². The molecule has 86 valence electrons. The molecule has 0 saturated carbocycles. The van der Waals surface area contributed by atoms with Crippen molar-refractivity contribution >= 4 is 0 Å². The van der Waals surface area contributed by atoms with Gasteiger partial charge in [-0.15, -0.1) is 11.8 Å². The smallest absolute Gasteiger partial charge is 0.0388 e. The van der Waals surface area contributed by atoms with Crippen molar-refractivity contribution in [2.45, 2.75) is 38.6 Å². The van der Waals surface area contributed by atoms with Crippen LogP contribution in [0.5, 0.6) is 0 Å². The molecule has 0 bridgehead atoms. The third-order valence-corrected chi connectivity index (χ3v) is 2.87. The Bertz CT molecular complexity index is 348. The van der Waals surface area contributed by atoms with Gasteiger partial charge in [-0.1, -0.05) is 37.3 Å². The van der Waals surface area contributed by atoms with Gasteiger partial charge >= 0.3 is 0 Å². The highest BCUT2D eigenvalue weighted by Crippen LogP contribution is 2.24. The normalized spacial score (nSPS) is 13.7. The lowest BCUT2D eigenvalue weighted by Crippen LogP contribution is -2.39. The standard InChI is InChI=1S/C14H20N2/c1-3-5-11-14(16-15)13(4-2)12-9-7-6-8-10-12/h6-10,13-14,16H,4,11,15H2,1-2H3. The highest BCUT2D eigenvalue weighted by atomic mass is 15.2. The molecule has 0 radical (unpaired) electrons. The van der Waals surface area contributed by atoms with Gasteiger partial charge in [-0.05, 0) is 18.9 Å². The number of nitrogens with one attached hydrogen (secondary N) is 1. The van der Waals surface area contributed by atoms with E-state index in [1.54, 1.807) is 0 Å². The van der Waals surface area contributed by atoms with Crippen molar-refractivity contribution in [2.75, 3.05) is 0 Å². The minimum atomic E-state index is 0.222. The van der Waals surface area contributed by atoms with E-state index in [0.29, 0.717) is 5.92 Å². The van der Waals surface area contributed by atoms with Gasteiger partial charge in [-0.3, -0.25) is 11.3 Å². The van der Waals surface area contributed by atoms with Crippen LogP contribution in [0.2, 0.25) is 0 Å². The third kappa shape index (κ3) is 3.37. The summed E-state index contributed by atoms with van der Waals surface area (Å²) in [6, 6.07) is 10.7. The number of hydrogen-bond acceptors (Lipinski definition) is 2. The fourth-order valence-electron chi connectivity index (χ4n) is 1.98. The van der Waals surface area contributed by atoms with Crippen LogP contribution in [0.4, 0.5) is 0 Å². The fraction of sp³-hybridized carbons (Fsp3) is 0.429. The van der Waals surface area contributed by atoms with Gasteiger partial charge in [0, 0.05) is 18.4 Å². The second-order valence-electron chi connectivity index (χ2n) is 3.83. The topological polar surface area (TPSA) is 38.0 Å². The minimum Gasteiger partial charge on any atom is -0.271 e. The highest BCUT2D eigenvalue weighted by molar-refractivity contribution is 5.22. The van der Waals surface area contributed by atoms with Crippen molar-refractivity contribution in [3.63, 3.8) is 0 Å². The lowest BCUT2D eigenvalue weighted by Gasteiger charge is -2.24. The molecule has 1 aromatic rings. The maximum atomic E-state index is 5.61. The molecule has 2 heteroatoms. The molecule has 1 aromatic carbocycles. The van der Waals surface area contributed by atoms with Gasteiger partial charge in [0.2, 0.25) is 0 Å². The monoisotopic (exact) mass is 216 g/mol. The van der Waals surface area contributed by atoms with Crippen molar-refractivity contribution in [1.29, 1.82) is 0 Å². The molecule has 0 aromatic heterocycles. The molecule has 0 amide bonds. The first-order chi connectivity index (χ1) is 7.83. The molecule has 2 nitrogen and oxygen atoms in total. The molecule has 2 atom stereocenters. The van der Waals surface area contributed by atoms with E-state index in [-0.39, 0.29) is 6.04 Å². The van der Waals surface area contributed by atoms with Crippen LogP contribution in [0.15, 0.2) is 30.3 Å². The van der Waals surface area contributed by atoms with Crippen molar-refractivity contribution in [3.8, 4) is 11.8 Å². The van der Waals surface area contributed by atoms with E-state index in [1.165, 1.54) is 5.56 Å². The minimum absolute atomic E-state index is 0.222. The van der Waals surface area contributed by atoms with E-state index >= 15 is 0 Å². The zero-order chi connectivity index (χ0) is 11.8. The number of benzene rings is 1. The van der Waals surface area contributed by atoms with Gasteiger partial charge in [0.05, 0.1) is 0 Å². The molecule has 2 unspecified atom stereocenters. The van der Waals surface area contributed by atoms with Gasteiger partial charge < -0.3 is 0 Å². The van der Waals surface area contributed by atoms with E-state index in [1.807, 2.05) is 13.0 Å². The number of hydrogen-bond donors (Lipinski definition) is 2. The molecular weight excluding hydrogens is 196 g/mol. The number of nitrogens with two attached hydrogens (primary N) is 1.